The van der Waals surface area contributed by atoms with Crippen LogP contribution >= 0.6 is 0 Å². The van der Waals surface area contributed by atoms with Crippen LogP contribution in [-0.4, -0.2) is 26.4 Å². The molecule has 0 fully saturated rings. The molecule has 29 heavy (non-hydrogen) atoms. The molecule has 0 atom stereocenters. The molecule has 0 spiro atoms. The molecule has 0 N–H and O–H groups in total. The minimum atomic E-state index is -0.459. The fourth-order valence-electron chi connectivity index (χ4n) is 2.81. The van der Waals surface area contributed by atoms with Crippen molar-refractivity contribution in [3.63, 3.8) is 0 Å². The lowest BCUT2D eigenvalue weighted by Crippen LogP contribution is -2.17. The van der Waals surface area contributed by atoms with Crippen molar-refractivity contribution in [3.05, 3.63) is 96.1 Å². The molecule has 0 aliphatic heterocycles. The fraction of sp³-hybridized carbons (Fsp3) is 0.280. The van der Waals surface area contributed by atoms with E-state index in [0.717, 1.165) is 23.5 Å². The van der Waals surface area contributed by atoms with Crippen molar-refractivity contribution in [1.82, 2.24) is 0 Å². The van der Waals surface area contributed by atoms with E-state index in [1.807, 2.05) is 60.7 Å². The molecule has 0 amide bonds. The topological polar surface area (TPSA) is 36.9 Å². The number of ether oxygens (including phenoxy) is 4. The number of hydrogen-bond donors (Lipinski definition) is 0. The van der Waals surface area contributed by atoms with Crippen molar-refractivity contribution < 1.29 is 18.9 Å². The predicted octanol–water partition coefficient (Wildman–Crippen LogP) is 5.44. The Hall–Kier alpha value is -2.82. The molecule has 3 rings (SSSR count). The number of aryl methyl sites for hydroxylation is 1. The molecule has 0 aliphatic rings. The fourth-order valence-corrected chi connectivity index (χ4v) is 2.81. The zero-order valence-electron chi connectivity index (χ0n) is 16.8. The Morgan fingerprint density at radius 2 is 1.07 bits per heavy atom. The van der Waals surface area contributed by atoms with E-state index in [9.17, 15) is 0 Å². The van der Waals surface area contributed by atoms with E-state index in [-0.39, 0.29) is 0 Å². The molecule has 0 unspecified atom stereocenters. The smallest absolute Gasteiger partial charge is 0.184 e. The first-order chi connectivity index (χ1) is 14.3. The number of hydrogen-bond acceptors (Lipinski definition) is 4. The average Bonchev–Trinajstić information content (AvgIpc) is 2.79. The van der Waals surface area contributed by atoms with Crippen LogP contribution in [0.2, 0.25) is 0 Å². The predicted molar refractivity (Wildman–Crippen MR) is 114 cm³/mol. The van der Waals surface area contributed by atoms with Crippen molar-refractivity contribution in [3.8, 4) is 11.5 Å². The molecule has 0 aromatic heterocycles. The molecular weight excluding hydrogens is 364 g/mol. The summed E-state index contributed by atoms with van der Waals surface area (Å²) in [5, 5.41) is 0. The van der Waals surface area contributed by atoms with Crippen LogP contribution in [0.3, 0.4) is 0 Å². The standard InChI is InChI=1S/C25H28O4/c1-2-21-13-15-22(16-14-21)25(28-19-17-26-23-9-5-3-6-10-23)29-20-18-27-24-11-7-4-8-12-24/h3-16,25H,2,17-20H2,1H3. The number of rotatable bonds is 12. The Balaban J connectivity index is 1.49. The van der Waals surface area contributed by atoms with E-state index in [1.54, 1.807) is 0 Å². The molecule has 3 aromatic carbocycles. The van der Waals surface area contributed by atoms with Gasteiger partial charge in [0.05, 0.1) is 13.2 Å². The van der Waals surface area contributed by atoms with Gasteiger partial charge in [-0.3, -0.25) is 0 Å². The van der Waals surface area contributed by atoms with Gasteiger partial charge in [0, 0.05) is 5.56 Å². The molecule has 0 radical (unpaired) electrons. The maximum absolute atomic E-state index is 5.97. The average molecular weight is 392 g/mol. The minimum Gasteiger partial charge on any atom is -0.491 e. The summed E-state index contributed by atoms with van der Waals surface area (Å²) in [7, 11) is 0. The zero-order valence-corrected chi connectivity index (χ0v) is 16.8. The second-order valence-electron chi connectivity index (χ2n) is 6.49. The number of para-hydroxylation sites is 2. The highest BCUT2D eigenvalue weighted by Crippen LogP contribution is 2.20. The van der Waals surface area contributed by atoms with E-state index in [2.05, 4.69) is 31.2 Å². The van der Waals surface area contributed by atoms with Crippen LogP contribution in [0.1, 0.15) is 24.3 Å². The van der Waals surface area contributed by atoms with Crippen LogP contribution in [0.25, 0.3) is 0 Å². The highest BCUT2D eigenvalue weighted by molar-refractivity contribution is 5.24. The van der Waals surface area contributed by atoms with Crippen molar-refractivity contribution in [2.45, 2.75) is 19.6 Å². The molecule has 0 saturated carbocycles. The Bertz CT molecular complexity index is 756. The quantitative estimate of drug-likeness (QED) is 0.304. The molecule has 0 heterocycles. The summed E-state index contributed by atoms with van der Waals surface area (Å²) in [5.41, 5.74) is 2.27. The molecule has 152 valence electrons. The lowest BCUT2D eigenvalue weighted by Gasteiger charge is -2.20. The van der Waals surface area contributed by atoms with E-state index in [4.69, 9.17) is 18.9 Å². The molecule has 4 heteroatoms. The largest absolute Gasteiger partial charge is 0.491 e. The van der Waals surface area contributed by atoms with Crippen LogP contribution in [0.15, 0.2) is 84.9 Å². The molecule has 0 aliphatic carbocycles. The summed E-state index contributed by atoms with van der Waals surface area (Å²) in [6.45, 7) is 3.90. The van der Waals surface area contributed by atoms with Crippen molar-refractivity contribution in [2.75, 3.05) is 26.4 Å². The highest BCUT2D eigenvalue weighted by atomic mass is 16.7. The van der Waals surface area contributed by atoms with E-state index in [0.29, 0.717) is 26.4 Å². The Labute approximate surface area is 173 Å². The van der Waals surface area contributed by atoms with Gasteiger partial charge in [-0.2, -0.15) is 0 Å². The minimum absolute atomic E-state index is 0.425. The highest BCUT2D eigenvalue weighted by Gasteiger charge is 2.13. The lowest BCUT2D eigenvalue weighted by atomic mass is 10.1. The van der Waals surface area contributed by atoms with Crippen LogP contribution in [-0.2, 0) is 15.9 Å². The zero-order chi connectivity index (χ0) is 20.2. The third-order valence-corrected chi connectivity index (χ3v) is 4.39. The molecule has 0 bridgehead atoms. The second kappa shape index (κ2) is 11.9. The van der Waals surface area contributed by atoms with Gasteiger partial charge in [-0.1, -0.05) is 67.6 Å². The maximum Gasteiger partial charge on any atom is 0.184 e. The normalized spacial score (nSPS) is 10.8. The summed E-state index contributed by atoms with van der Waals surface area (Å²) in [6, 6.07) is 27.8. The third-order valence-electron chi connectivity index (χ3n) is 4.39. The Kier molecular flexibility index (Phi) is 8.57. The van der Waals surface area contributed by atoms with E-state index >= 15 is 0 Å². The van der Waals surface area contributed by atoms with Gasteiger partial charge in [-0.25, -0.2) is 0 Å². The first-order valence-corrected chi connectivity index (χ1v) is 10.0. The Morgan fingerprint density at radius 1 is 0.586 bits per heavy atom. The van der Waals surface area contributed by atoms with Gasteiger partial charge in [-0.05, 0) is 36.2 Å². The van der Waals surface area contributed by atoms with Gasteiger partial charge in [0.15, 0.2) is 6.29 Å². The van der Waals surface area contributed by atoms with Crippen LogP contribution < -0.4 is 9.47 Å². The van der Waals surface area contributed by atoms with Gasteiger partial charge >= 0.3 is 0 Å². The van der Waals surface area contributed by atoms with Crippen LogP contribution in [0, 0.1) is 0 Å². The molecule has 3 aromatic rings. The van der Waals surface area contributed by atoms with Crippen molar-refractivity contribution in [1.29, 1.82) is 0 Å². The van der Waals surface area contributed by atoms with Gasteiger partial charge in [0.25, 0.3) is 0 Å². The third kappa shape index (κ3) is 7.26. The first kappa shape index (κ1) is 20.9. The van der Waals surface area contributed by atoms with Crippen molar-refractivity contribution >= 4 is 0 Å². The van der Waals surface area contributed by atoms with Crippen LogP contribution in [0.4, 0.5) is 0 Å². The van der Waals surface area contributed by atoms with E-state index in [1.165, 1.54) is 5.56 Å². The molecule has 4 nitrogen and oxygen atoms in total. The summed E-state index contributed by atoms with van der Waals surface area (Å²) in [6.07, 6.45) is 0.544. The van der Waals surface area contributed by atoms with Crippen LogP contribution in [0.5, 0.6) is 11.5 Å². The van der Waals surface area contributed by atoms with Gasteiger partial charge in [-0.15, -0.1) is 0 Å². The van der Waals surface area contributed by atoms with Gasteiger partial charge < -0.3 is 18.9 Å². The SMILES string of the molecule is CCc1ccc(C(OCCOc2ccccc2)OCCOc2ccccc2)cc1. The summed E-state index contributed by atoms with van der Waals surface area (Å²) >= 11 is 0. The summed E-state index contributed by atoms with van der Waals surface area (Å²) < 4.78 is 23.4. The maximum atomic E-state index is 5.97. The monoisotopic (exact) mass is 392 g/mol. The van der Waals surface area contributed by atoms with Crippen molar-refractivity contribution in [2.24, 2.45) is 0 Å². The molecule has 0 saturated heterocycles. The van der Waals surface area contributed by atoms with Gasteiger partial charge in [0.2, 0.25) is 0 Å². The second-order valence-corrected chi connectivity index (χ2v) is 6.49. The van der Waals surface area contributed by atoms with E-state index < -0.39 is 6.29 Å². The lowest BCUT2D eigenvalue weighted by molar-refractivity contribution is -0.154. The summed E-state index contributed by atoms with van der Waals surface area (Å²) in [5.74, 6) is 1.66. The molecular formula is C25H28O4. The van der Waals surface area contributed by atoms with Gasteiger partial charge in [0.1, 0.15) is 24.7 Å². The first-order valence-electron chi connectivity index (χ1n) is 10.0. The summed E-state index contributed by atoms with van der Waals surface area (Å²) in [4.78, 5) is 0. The number of benzene rings is 3. The Morgan fingerprint density at radius 3 is 1.52 bits per heavy atom.